The largest absolute Gasteiger partial charge is 0.305 e. The van der Waals surface area contributed by atoms with Gasteiger partial charge in [-0.15, -0.1) is 0 Å². The van der Waals surface area contributed by atoms with Crippen LogP contribution >= 0.6 is 0 Å². The van der Waals surface area contributed by atoms with Gasteiger partial charge in [-0.1, -0.05) is 36.4 Å². The Morgan fingerprint density at radius 1 is 0.591 bits per heavy atom. The zero-order chi connectivity index (χ0) is 15.7. The van der Waals surface area contributed by atoms with Crippen LogP contribution in [0.1, 0.15) is 11.1 Å². The fraction of sp³-hybridized carbons (Fsp3) is 0.300. The minimum Gasteiger partial charge on any atom is -0.305 e. The van der Waals surface area contributed by atoms with Crippen molar-refractivity contribution in [3.05, 3.63) is 59.7 Å². The Balaban J connectivity index is 2.17. The van der Waals surface area contributed by atoms with Gasteiger partial charge in [0.05, 0.1) is 0 Å². The monoisotopic (exact) mass is 292 g/mol. The molecule has 3 aromatic carbocycles. The number of benzene rings is 3. The maximum atomic E-state index is 2.34. The first kappa shape index (κ1) is 15.0. The van der Waals surface area contributed by atoms with Gasteiger partial charge in [0.25, 0.3) is 0 Å². The van der Waals surface area contributed by atoms with Crippen LogP contribution in [-0.4, -0.2) is 38.0 Å². The van der Waals surface area contributed by atoms with Gasteiger partial charge < -0.3 is 9.80 Å². The quantitative estimate of drug-likeness (QED) is 0.668. The van der Waals surface area contributed by atoms with Crippen molar-refractivity contribution < 1.29 is 0 Å². The summed E-state index contributed by atoms with van der Waals surface area (Å²) in [5.74, 6) is 0. The first-order valence-electron chi connectivity index (χ1n) is 7.77. The van der Waals surface area contributed by atoms with Crippen molar-refractivity contribution in [2.75, 3.05) is 28.2 Å². The standard InChI is InChI=1S/C20H24N2/c1-21(2)13-15-5-7-17-9-10-18-8-6-16(14-22(3)4)12-20(18)19(17)11-15/h5-12H,13-14H2,1-4H3. The first-order chi connectivity index (χ1) is 10.5. The minimum atomic E-state index is 0.976. The average Bonchev–Trinajstić information content (AvgIpc) is 2.46. The third kappa shape index (κ3) is 3.13. The number of fused-ring (bicyclic) bond motifs is 3. The molecule has 0 radical (unpaired) electrons. The highest BCUT2D eigenvalue weighted by atomic mass is 15.1. The first-order valence-corrected chi connectivity index (χ1v) is 7.77. The maximum absolute atomic E-state index is 2.34. The number of hydrogen-bond acceptors (Lipinski definition) is 2. The Morgan fingerprint density at radius 2 is 0.955 bits per heavy atom. The van der Waals surface area contributed by atoms with Crippen LogP contribution in [0, 0.1) is 0 Å². The van der Waals surface area contributed by atoms with E-state index in [1.165, 1.54) is 32.7 Å². The molecule has 0 aromatic heterocycles. The lowest BCUT2D eigenvalue weighted by atomic mass is 9.98. The Morgan fingerprint density at radius 3 is 1.32 bits per heavy atom. The molecule has 0 saturated carbocycles. The summed E-state index contributed by atoms with van der Waals surface area (Å²) < 4.78 is 0. The van der Waals surface area contributed by atoms with Crippen LogP contribution in [0.15, 0.2) is 48.5 Å². The molecule has 0 unspecified atom stereocenters. The van der Waals surface area contributed by atoms with E-state index in [-0.39, 0.29) is 0 Å². The molecule has 0 aliphatic carbocycles. The summed E-state index contributed by atoms with van der Waals surface area (Å²) in [6.07, 6.45) is 0. The fourth-order valence-corrected chi connectivity index (χ4v) is 3.07. The molecular weight excluding hydrogens is 268 g/mol. The zero-order valence-corrected chi connectivity index (χ0v) is 13.9. The highest BCUT2D eigenvalue weighted by molar-refractivity contribution is 6.07. The van der Waals surface area contributed by atoms with E-state index in [4.69, 9.17) is 0 Å². The van der Waals surface area contributed by atoms with Gasteiger partial charge in [0, 0.05) is 13.1 Å². The summed E-state index contributed by atoms with van der Waals surface area (Å²) >= 11 is 0. The minimum absolute atomic E-state index is 0.976. The third-order valence-electron chi connectivity index (χ3n) is 3.97. The van der Waals surface area contributed by atoms with E-state index in [2.05, 4.69) is 86.5 Å². The molecule has 0 fully saturated rings. The summed E-state index contributed by atoms with van der Waals surface area (Å²) in [5, 5.41) is 5.35. The molecule has 0 bridgehead atoms. The van der Waals surface area contributed by atoms with Crippen LogP contribution in [0.3, 0.4) is 0 Å². The smallest absolute Gasteiger partial charge is 0.0227 e. The van der Waals surface area contributed by atoms with E-state index in [9.17, 15) is 0 Å². The molecule has 0 aliphatic rings. The molecule has 0 amide bonds. The second-order valence-electron chi connectivity index (χ2n) is 6.65. The second-order valence-corrected chi connectivity index (χ2v) is 6.65. The van der Waals surface area contributed by atoms with Gasteiger partial charge in [0.1, 0.15) is 0 Å². The molecule has 114 valence electrons. The van der Waals surface area contributed by atoms with E-state index >= 15 is 0 Å². The lowest BCUT2D eigenvalue weighted by molar-refractivity contribution is 0.402. The van der Waals surface area contributed by atoms with E-state index in [1.807, 2.05) is 0 Å². The van der Waals surface area contributed by atoms with Crippen molar-refractivity contribution in [1.82, 2.24) is 9.80 Å². The van der Waals surface area contributed by atoms with Gasteiger partial charge in [0.2, 0.25) is 0 Å². The molecule has 2 heteroatoms. The molecule has 3 aromatic rings. The van der Waals surface area contributed by atoms with Crippen LogP contribution < -0.4 is 0 Å². The Kier molecular flexibility index (Phi) is 4.14. The Hall–Kier alpha value is -1.90. The van der Waals surface area contributed by atoms with E-state index < -0.39 is 0 Å². The number of rotatable bonds is 4. The normalized spacial score (nSPS) is 11.9. The maximum Gasteiger partial charge on any atom is 0.0227 e. The van der Waals surface area contributed by atoms with Crippen LogP contribution in [0.5, 0.6) is 0 Å². The van der Waals surface area contributed by atoms with Crippen LogP contribution in [0.4, 0.5) is 0 Å². The molecule has 22 heavy (non-hydrogen) atoms. The van der Waals surface area contributed by atoms with Crippen molar-refractivity contribution in [1.29, 1.82) is 0 Å². The molecular formula is C20H24N2. The van der Waals surface area contributed by atoms with Crippen LogP contribution in [-0.2, 0) is 13.1 Å². The zero-order valence-electron chi connectivity index (χ0n) is 13.9. The summed E-state index contributed by atoms with van der Waals surface area (Å²) in [5.41, 5.74) is 2.73. The van der Waals surface area contributed by atoms with Crippen LogP contribution in [0.2, 0.25) is 0 Å². The fourth-order valence-electron chi connectivity index (χ4n) is 3.07. The van der Waals surface area contributed by atoms with Gasteiger partial charge in [-0.2, -0.15) is 0 Å². The molecule has 0 spiro atoms. The van der Waals surface area contributed by atoms with Crippen molar-refractivity contribution in [3.63, 3.8) is 0 Å². The molecule has 0 N–H and O–H groups in total. The van der Waals surface area contributed by atoms with Crippen molar-refractivity contribution in [2.45, 2.75) is 13.1 Å². The Labute approximate surface area is 133 Å². The molecule has 0 heterocycles. The highest BCUT2D eigenvalue weighted by Crippen LogP contribution is 2.28. The van der Waals surface area contributed by atoms with Gasteiger partial charge >= 0.3 is 0 Å². The van der Waals surface area contributed by atoms with Gasteiger partial charge in [-0.3, -0.25) is 0 Å². The van der Waals surface area contributed by atoms with Crippen molar-refractivity contribution in [2.24, 2.45) is 0 Å². The van der Waals surface area contributed by atoms with Crippen molar-refractivity contribution >= 4 is 21.5 Å². The Bertz CT molecular complexity index is 735. The summed E-state index contributed by atoms with van der Waals surface area (Å²) in [7, 11) is 8.45. The van der Waals surface area contributed by atoms with E-state index in [0.717, 1.165) is 13.1 Å². The predicted molar refractivity (Wildman–Crippen MR) is 96.2 cm³/mol. The summed E-state index contributed by atoms with van der Waals surface area (Å²) in [4.78, 5) is 4.42. The van der Waals surface area contributed by atoms with Gasteiger partial charge in [-0.25, -0.2) is 0 Å². The molecule has 2 nitrogen and oxygen atoms in total. The van der Waals surface area contributed by atoms with Crippen molar-refractivity contribution in [3.8, 4) is 0 Å². The second kappa shape index (κ2) is 6.07. The predicted octanol–water partition coefficient (Wildman–Crippen LogP) is 4.12. The molecule has 0 aliphatic heterocycles. The lowest BCUT2D eigenvalue weighted by Crippen LogP contribution is -2.10. The number of nitrogens with zero attached hydrogens (tertiary/aromatic N) is 2. The van der Waals surface area contributed by atoms with Gasteiger partial charge in [0.15, 0.2) is 0 Å². The van der Waals surface area contributed by atoms with E-state index in [0.29, 0.717) is 0 Å². The third-order valence-corrected chi connectivity index (χ3v) is 3.97. The topological polar surface area (TPSA) is 6.48 Å². The summed E-state index contributed by atoms with van der Waals surface area (Å²) in [6.45, 7) is 1.95. The molecule has 3 rings (SSSR count). The molecule has 0 saturated heterocycles. The molecule has 0 atom stereocenters. The number of hydrogen-bond donors (Lipinski definition) is 0. The SMILES string of the molecule is CN(C)Cc1ccc2ccc3ccc(CN(C)C)cc3c2c1. The lowest BCUT2D eigenvalue weighted by Gasteiger charge is -2.13. The van der Waals surface area contributed by atoms with Gasteiger partial charge in [-0.05, 0) is 73.0 Å². The highest BCUT2D eigenvalue weighted by Gasteiger charge is 2.05. The summed E-state index contributed by atoms with van der Waals surface area (Å²) in [6, 6.07) is 18.1. The average molecular weight is 292 g/mol. The van der Waals surface area contributed by atoms with E-state index in [1.54, 1.807) is 0 Å². The van der Waals surface area contributed by atoms with Crippen LogP contribution in [0.25, 0.3) is 21.5 Å².